The van der Waals surface area contributed by atoms with Crippen LogP contribution in [0.1, 0.15) is 112 Å². The average Bonchev–Trinajstić information content (AvgIpc) is 3.05. The highest BCUT2D eigenvalue weighted by molar-refractivity contribution is 5.77. The molecule has 0 bridgehead atoms. The van der Waals surface area contributed by atoms with Crippen molar-refractivity contribution in [2.75, 3.05) is 0 Å². The molecule has 30 heavy (non-hydrogen) atoms. The van der Waals surface area contributed by atoms with Crippen LogP contribution in [0.25, 0.3) is 0 Å². The fraction of sp³-hybridized carbons (Fsp3) is 0.964. The quantitative estimate of drug-likeness (QED) is 0.487. The van der Waals surface area contributed by atoms with Gasteiger partial charge >= 0.3 is 0 Å². The van der Waals surface area contributed by atoms with Crippen molar-refractivity contribution in [1.82, 2.24) is 5.32 Å². The SMILES string of the molecule is CC[C@H]1C[C@H]2NC(=O)CC[C@]2(C)[C@H]2CC[C@]3(C)[C@@H]([C@H](C)CCCC(C)C)CC[C@H]3[C@H]12. The van der Waals surface area contributed by atoms with Crippen LogP contribution in [0.4, 0.5) is 0 Å². The van der Waals surface area contributed by atoms with Gasteiger partial charge in [-0.3, -0.25) is 4.79 Å². The number of carbonyl (C=O) groups is 1. The highest BCUT2D eigenvalue weighted by Gasteiger charge is 2.62. The smallest absolute Gasteiger partial charge is 0.220 e. The summed E-state index contributed by atoms with van der Waals surface area (Å²) in [4.78, 5) is 12.2. The summed E-state index contributed by atoms with van der Waals surface area (Å²) in [5.74, 6) is 6.44. The summed E-state index contributed by atoms with van der Waals surface area (Å²) in [7, 11) is 0. The molecule has 3 saturated carbocycles. The number of nitrogens with one attached hydrogen (secondary N) is 1. The molecule has 1 amide bonds. The molecule has 0 spiro atoms. The first-order chi connectivity index (χ1) is 14.2. The van der Waals surface area contributed by atoms with Gasteiger partial charge in [-0.2, -0.15) is 0 Å². The molecule has 1 heterocycles. The Morgan fingerprint density at radius 2 is 1.73 bits per heavy atom. The highest BCUT2D eigenvalue weighted by Crippen LogP contribution is 2.68. The molecule has 4 aliphatic rings. The maximum atomic E-state index is 12.2. The molecule has 1 N–H and O–H groups in total. The molecule has 172 valence electrons. The molecule has 0 aromatic heterocycles. The van der Waals surface area contributed by atoms with Crippen molar-refractivity contribution in [3.05, 3.63) is 0 Å². The summed E-state index contributed by atoms with van der Waals surface area (Å²) >= 11 is 0. The number of amides is 1. The monoisotopic (exact) mass is 415 g/mol. The van der Waals surface area contributed by atoms with Crippen LogP contribution in [-0.4, -0.2) is 11.9 Å². The third kappa shape index (κ3) is 3.66. The maximum Gasteiger partial charge on any atom is 0.220 e. The van der Waals surface area contributed by atoms with Gasteiger partial charge in [0.2, 0.25) is 5.91 Å². The molecule has 0 unspecified atom stereocenters. The fourth-order valence-corrected chi connectivity index (χ4v) is 9.31. The van der Waals surface area contributed by atoms with Gasteiger partial charge in [0.05, 0.1) is 0 Å². The average molecular weight is 416 g/mol. The van der Waals surface area contributed by atoms with Gasteiger partial charge in [-0.05, 0) is 90.8 Å². The lowest BCUT2D eigenvalue weighted by Crippen LogP contribution is -2.63. The summed E-state index contributed by atoms with van der Waals surface area (Å²) in [6, 6.07) is 0.432. The number of hydrogen-bond donors (Lipinski definition) is 1. The molecule has 0 radical (unpaired) electrons. The van der Waals surface area contributed by atoms with Crippen molar-refractivity contribution in [1.29, 1.82) is 0 Å². The van der Waals surface area contributed by atoms with Gasteiger partial charge in [-0.1, -0.05) is 67.2 Å². The van der Waals surface area contributed by atoms with Gasteiger partial charge in [0.1, 0.15) is 0 Å². The Balaban J connectivity index is 1.54. The molecule has 1 aliphatic heterocycles. The lowest BCUT2D eigenvalue weighted by atomic mass is 9.44. The van der Waals surface area contributed by atoms with Crippen LogP contribution in [0.2, 0.25) is 0 Å². The molecule has 9 atom stereocenters. The van der Waals surface area contributed by atoms with Crippen LogP contribution < -0.4 is 5.32 Å². The van der Waals surface area contributed by atoms with Crippen molar-refractivity contribution in [3.8, 4) is 0 Å². The molecule has 2 nitrogen and oxygen atoms in total. The largest absolute Gasteiger partial charge is 0.353 e. The van der Waals surface area contributed by atoms with E-state index >= 15 is 0 Å². The zero-order valence-electron chi connectivity index (χ0n) is 20.8. The van der Waals surface area contributed by atoms with Crippen LogP contribution in [0.3, 0.4) is 0 Å². The van der Waals surface area contributed by atoms with E-state index in [0.717, 1.165) is 54.3 Å². The van der Waals surface area contributed by atoms with E-state index in [1.165, 1.54) is 57.8 Å². The third-order valence-electron chi connectivity index (χ3n) is 11.0. The van der Waals surface area contributed by atoms with Gasteiger partial charge in [0.25, 0.3) is 0 Å². The summed E-state index contributed by atoms with van der Waals surface area (Å²) in [5, 5.41) is 3.45. The van der Waals surface area contributed by atoms with Gasteiger partial charge in [-0.25, -0.2) is 0 Å². The molecule has 0 aromatic rings. The molecular formula is C28H49NO. The molecule has 0 aromatic carbocycles. The van der Waals surface area contributed by atoms with Gasteiger partial charge in [0, 0.05) is 12.5 Å². The van der Waals surface area contributed by atoms with Crippen LogP contribution >= 0.6 is 0 Å². The van der Waals surface area contributed by atoms with Crippen molar-refractivity contribution in [2.45, 2.75) is 118 Å². The van der Waals surface area contributed by atoms with E-state index < -0.39 is 0 Å². The van der Waals surface area contributed by atoms with Gasteiger partial charge < -0.3 is 5.32 Å². The van der Waals surface area contributed by atoms with E-state index in [2.05, 4.69) is 46.9 Å². The molecule has 2 heteroatoms. The van der Waals surface area contributed by atoms with E-state index in [4.69, 9.17) is 0 Å². The summed E-state index contributed by atoms with van der Waals surface area (Å²) in [6.45, 7) is 15.0. The Bertz CT molecular complexity index is 628. The number of piperidine rings is 1. The Morgan fingerprint density at radius 1 is 1.00 bits per heavy atom. The zero-order chi connectivity index (χ0) is 21.7. The maximum absolute atomic E-state index is 12.2. The van der Waals surface area contributed by atoms with Crippen LogP contribution in [-0.2, 0) is 4.79 Å². The number of fused-ring (bicyclic) bond motifs is 5. The minimum atomic E-state index is 0.308. The lowest BCUT2D eigenvalue weighted by molar-refractivity contribution is -0.146. The second kappa shape index (κ2) is 8.43. The van der Waals surface area contributed by atoms with E-state index in [9.17, 15) is 4.79 Å². The van der Waals surface area contributed by atoms with E-state index in [0.29, 0.717) is 22.8 Å². The minimum absolute atomic E-state index is 0.308. The van der Waals surface area contributed by atoms with Crippen molar-refractivity contribution in [3.63, 3.8) is 0 Å². The fourth-order valence-electron chi connectivity index (χ4n) is 9.31. The summed E-state index contributed by atoms with van der Waals surface area (Å²) in [5.41, 5.74) is 0.902. The van der Waals surface area contributed by atoms with Gasteiger partial charge in [-0.15, -0.1) is 0 Å². The summed E-state index contributed by atoms with van der Waals surface area (Å²) in [6.07, 6.45) is 14.4. The zero-order valence-corrected chi connectivity index (χ0v) is 20.8. The first-order valence-corrected chi connectivity index (χ1v) is 13.5. The van der Waals surface area contributed by atoms with E-state index in [1.54, 1.807) is 0 Å². The summed E-state index contributed by atoms with van der Waals surface area (Å²) < 4.78 is 0. The molecular weight excluding hydrogens is 366 g/mol. The topological polar surface area (TPSA) is 29.1 Å². The predicted octanol–water partition coefficient (Wildman–Crippen LogP) is 7.22. The Kier molecular flexibility index (Phi) is 6.37. The Morgan fingerprint density at radius 3 is 2.43 bits per heavy atom. The van der Waals surface area contributed by atoms with E-state index in [-0.39, 0.29) is 0 Å². The lowest BCUT2D eigenvalue weighted by Gasteiger charge is -2.63. The standard InChI is InChI=1S/C28H49NO/c1-7-20-17-24-28(6,16-14-25(30)29-24)23-13-15-27(5)21(11-12-22(27)26(20)23)19(4)10-8-9-18(2)3/h18-24,26H,7-17H2,1-6H3,(H,29,30)/t19-,20+,21-,22+,23+,24-,26+,27-,28-/m1/s1. The number of carbonyl (C=O) groups excluding carboxylic acids is 1. The van der Waals surface area contributed by atoms with Crippen molar-refractivity contribution < 1.29 is 4.79 Å². The molecule has 4 rings (SSSR count). The molecule has 3 aliphatic carbocycles. The van der Waals surface area contributed by atoms with Crippen LogP contribution in [0.5, 0.6) is 0 Å². The first-order valence-electron chi connectivity index (χ1n) is 13.5. The third-order valence-corrected chi connectivity index (χ3v) is 11.0. The minimum Gasteiger partial charge on any atom is -0.353 e. The van der Waals surface area contributed by atoms with Crippen LogP contribution in [0.15, 0.2) is 0 Å². The van der Waals surface area contributed by atoms with Crippen LogP contribution in [0, 0.1) is 52.3 Å². The first kappa shape index (κ1) is 22.7. The molecule has 4 fully saturated rings. The van der Waals surface area contributed by atoms with Crippen molar-refractivity contribution >= 4 is 5.91 Å². The number of hydrogen-bond acceptors (Lipinski definition) is 1. The number of rotatable bonds is 6. The Labute approximate surface area is 186 Å². The normalized spacial score (nSPS) is 46.7. The predicted molar refractivity (Wildman–Crippen MR) is 126 cm³/mol. The second-order valence-corrected chi connectivity index (χ2v) is 12.9. The highest BCUT2D eigenvalue weighted by atomic mass is 16.1. The van der Waals surface area contributed by atoms with E-state index in [1.807, 2.05) is 0 Å². The van der Waals surface area contributed by atoms with Crippen molar-refractivity contribution in [2.24, 2.45) is 52.3 Å². The Hall–Kier alpha value is -0.530. The van der Waals surface area contributed by atoms with Gasteiger partial charge in [0.15, 0.2) is 0 Å². The second-order valence-electron chi connectivity index (χ2n) is 12.9. The molecule has 1 saturated heterocycles.